The standard InChI is InChI=1S/C21H29N5O3.CH4O/c1-22-19-13-23-21(29-12-11-28-2)24-20(19)26(16-27)15-18-7-5-17(6-8-18)14-25-9-3-4-10-25;1-2/h5-8,13,16,22H,3-4,9-12,14-15H2,1-2H3;2H,1H3. The number of carbonyl (C=O) groups is 1. The van der Waals surface area contributed by atoms with Gasteiger partial charge in [0.15, 0.2) is 5.82 Å². The maximum absolute atomic E-state index is 11.8. The summed E-state index contributed by atoms with van der Waals surface area (Å²) in [5.74, 6) is 0.478. The first-order valence-corrected chi connectivity index (χ1v) is 10.4. The topological polar surface area (TPSA) is 100 Å². The van der Waals surface area contributed by atoms with Gasteiger partial charge in [-0.3, -0.25) is 14.6 Å². The van der Waals surface area contributed by atoms with Gasteiger partial charge in [0, 0.05) is 27.8 Å². The highest BCUT2D eigenvalue weighted by Gasteiger charge is 2.16. The van der Waals surface area contributed by atoms with Gasteiger partial charge in [0.25, 0.3) is 0 Å². The van der Waals surface area contributed by atoms with Crippen LogP contribution in [0.25, 0.3) is 0 Å². The zero-order valence-corrected chi connectivity index (χ0v) is 18.6. The molecule has 2 N–H and O–H groups in total. The summed E-state index contributed by atoms with van der Waals surface area (Å²) in [6, 6.07) is 8.61. The lowest BCUT2D eigenvalue weighted by Gasteiger charge is -2.20. The molecule has 1 aromatic carbocycles. The van der Waals surface area contributed by atoms with Crippen molar-refractivity contribution in [1.82, 2.24) is 14.9 Å². The Morgan fingerprint density at radius 1 is 1.16 bits per heavy atom. The van der Waals surface area contributed by atoms with Crippen molar-refractivity contribution in [3.63, 3.8) is 0 Å². The number of amides is 1. The van der Waals surface area contributed by atoms with Crippen molar-refractivity contribution in [2.75, 3.05) is 57.8 Å². The maximum atomic E-state index is 11.8. The quantitative estimate of drug-likeness (QED) is 0.411. The molecule has 9 nitrogen and oxygen atoms in total. The molecule has 1 aliphatic heterocycles. The van der Waals surface area contributed by atoms with E-state index in [4.69, 9.17) is 14.6 Å². The van der Waals surface area contributed by atoms with Crippen LogP contribution in [0.5, 0.6) is 6.01 Å². The molecule has 0 spiro atoms. The second-order valence-corrected chi connectivity index (χ2v) is 7.01. The molecule has 1 aromatic heterocycles. The first-order chi connectivity index (χ1) is 15.2. The number of aliphatic hydroxyl groups is 1. The molecule has 0 bridgehead atoms. The Labute approximate surface area is 184 Å². The fourth-order valence-electron chi connectivity index (χ4n) is 3.35. The molecular weight excluding hydrogens is 398 g/mol. The molecule has 1 amide bonds. The fraction of sp³-hybridized carbons (Fsp3) is 0.500. The van der Waals surface area contributed by atoms with Crippen molar-refractivity contribution in [3.05, 3.63) is 41.6 Å². The summed E-state index contributed by atoms with van der Waals surface area (Å²) in [5.41, 5.74) is 2.98. The van der Waals surface area contributed by atoms with Crippen LogP contribution in [-0.2, 0) is 22.6 Å². The maximum Gasteiger partial charge on any atom is 0.318 e. The molecule has 0 atom stereocenters. The first kappa shape index (κ1) is 24.5. The van der Waals surface area contributed by atoms with E-state index in [1.54, 1.807) is 25.3 Å². The predicted molar refractivity (Wildman–Crippen MR) is 120 cm³/mol. The highest BCUT2D eigenvalue weighted by atomic mass is 16.5. The Hall–Kier alpha value is -2.75. The van der Waals surface area contributed by atoms with E-state index < -0.39 is 0 Å². The molecule has 1 saturated heterocycles. The Balaban J connectivity index is 0.00000166. The molecule has 2 aromatic rings. The second kappa shape index (κ2) is 13.5. The lowest BCUT2D eigenvalue weighted by atomic mass is 10.1. The minimum atomic E-state index is 0.212. The van der Waals surface area contributed by atoms with Crippen molar-refractivity contribution in [3.8, 4) is 6.01 Å². The number of hydrogen-bond donors (Lipinski definition) is 2. The van der Waals surface area contributed by atoms with Gasteiger partial charge >= 0.3 is 6.01 Å². The molecular formula is C22H33N5O4. The summed E-state index contributed by atoms with van der Waals surface area (Å²) in [6.45, 7) is 4.53. The van der Waals surface area contributed by atoms with E-state index >= 15 is 0 Å². The summed E-state index contributed by atoms with van der Waals surface area (Å²) >= 11 is 0. The van der Waals surface area contributed by atoms with E-state index in [2.05, 4.69) is 44.5 Å². The molecule has 1 fully saturated rings. The van der Waals surface area contributed by atoms with Gasteiger partial charge in [0.05, 0.1) is 25.0 Å². The fourth-order valence-corrected chi connectivity index (χ4v) is 3.35. The average molecular weight is 432 g/mol. The van der Waals surface area contributed by atoms with Crippen molar-refractivity contribution in [2.24, 2.45) is 0 Å². The number of nitrogens with one attached hydrogen (secondary N) is 1. The Kier molecular flexibility index (Phi) is 10.7. The molecule has 9 heteroatoms. The largest absolute Gasteiger partial charge is 0.461 e. The lowest BCUT2D eigenvalue weighted by molar-refractivity contribution is -0.107. The van der Waals surface area contributed by atoms with Gasteiger partial charge in [-0.2, -0.15) is 4.98 Å². The minimum absolute atomic E-state index is 0.212. The van der Waals surface area contributed by atoms with Crippen LogP contribution in [0, 0.1) is 0 Å². The number of carbonyl (C=O) groups excluding carboxylic acids is 1. The number of rotatable bonds is 11. The van der Waals surface area contributed by atoms with Crippen LogP contribution in [0.4, 0.5) is 11.5 Å². The van der Waals surface area contributed by atoms with Gasteiger partial charge in [-0.25, -0.2) is 4.98 Å². The number of anilines is 2. The third-order valence-corrected chi connectivity index (χ3v) is 4.91. The van der Waals surface area contributed by atoms with E-state index in [1.165, 1.54) is 31.5 Å². The van der Waals surface area contributed by atoms with Gasteiger partial charge in [0.2, 0.25) is 6.41 Å². The van der Waals surface area contributed by atoms with Crippen LogP contribution in [0.3, 0.4) is 0 Å². The summed E-state index contributed by atoms with van der Waals surface area (Å²) in [7, 11) is 4.37. The van der Waals surface area contributed by atoms with Crippen LogP contribution < -0.4 is 15.0 Å². The number of hydrogen-bond acceptors (Lipinski definition) is 8. The van der Waals surface area contributed by atoms with Gasteiger partial charge in [-0.15, -0.1) is 0 Å². The monoisotopic (exact) mass is 431 g/mol. The van der Waals surface area contributed by atoms with Crippen LogP contribution in [0.2, 0.25) is 0 Å². The first-order valence-electron chi connectivity index (χ1n) is 10.4. The zero-order chi connectivity index (χ0) is 22.5. The molecule has 1 aliphatic rings. The van der Waals surface area contributed by atoms with Crippen LogP contribution in [0.15, 0.2) is 30.5 Å². The lowest BCUT2D eigenvalue weighted by Crippen LogP contribution is -2.23. The molecule has 0 radical (unpaired) electrons. The molecule has 0 saturated carbocycles. The number of aliphatic hydroxyl groups excluding tert-OH is 1. The van der Waals surface area contributed by atoms with Crippen LogP contribution in [0.1, 0.15) is 24.0 Å². The van der Waals surface area contributed by atoms with Crippen molar-refractivity contribution < 1.29 is 19.4 Å². The number of nitrogens with zero attached hydrogens (tertiary/aromatic N) is 4. The van der Waals surface area contributed by atoms with Gasteiger partial charge < -0.3 is 19.9 Å². The smallest absolute Gasteiger partial charge is 0.318 e. The number of likely N-dealkylation sites (tertiary alicyclic amines) is 1. The number of aromatic nitrogens is 2. The Morgan fingerprint density at radius 2 is 1.84 bits per heavy atom. The summed E-state index contributed by atoms with van der Waals surface area (Å²) < 4.78 is 10.5. The zero-order valence-electron chi connectivity index (χ0n) is 18.6. The van der Waals surface area contributed by atoms with E-state index in [1.807, 2.05) is 0 Å². The van der Waals surface area contributed by atoms with E-state index in [9.17, 15) is 4.79 Å². The predicted octanol–water partition coefficient (Wildman–Crippen LogP) is 1.91. The van der Waals surface area contributed by atoms with E-state index in [-0.39, 0.29) is 6.01 Å². The average Bonchev–Trinajstić information content (AvgIpc) is 3.33. The third-order valence-electron chi connectivity index (χ3n) is 4.91. The SMILES string of the molecule is CNc1cnc(OCCOC)nc1N(C=O)Cc1ccc(CN2CCCC2)cc1.CO. The Bertz CT molecular complexity index is 782. The van der Waals surface area contributed by atoms with Crippen molar-refractivity contribution >= 4 is 17.9 Å². The minimum Gasteiger partial charge on any atom is -0.461 e. The van der Waals surface area contributed by atoms with E-state index in [0.717, 1.165) is 25.6 Å². The van der Waals surface area contributed by atoms with Gasteiger partial charge in [-0.05, 0) is 37.1 Å². The summed E-state index contributed by atoms with van der Waals surface area (Å²) in [4.78, 5) is 24.4. The molecule has 2 heterocycles. The van der Waals surface area contributed by atoms with Crippen molar-refractivity contribution in [2.45, 2.75) is 25.9 Å². The second-order valence-electron chi connectivity index (χ2n) is 7.01. The summed E-state index contributed by atoms with van der Waals surface area (Å²) in [5, 5.41) is 10.0. The normalized spacial score (nSPS) is 13.3. The van der Waals surface area contributed by atoms with Gasteiger partial charge in [0.1, 0.15) is 6.61 Å². The molecule has 0 unspecified atom stereocenters. The highest BCUT2D eigenvalue weighted by Crippen LogP contribution is 2.25. The number of ether oxygens (including phenoxy) is 2. The molecule has 170 valence electrons. The molecule has 0 aliphatic carbocycles. The van der Waals surface area contributed by atoms with E-state index in [0.29, 0.717) is 31.3 Å². The molecule has 3 rings (SSSR count). The number of methoxy groups -OCH3 is 1. The number of benzene rings is 1. The third kappa shape index (κ3) is 7.46. The van der Waals surface area contributed by atoms with Crippen LogP contribution in [-0.4, -0.2) is 74.0 Å². The summed E-state index contributed by atoms with van der Waals surface area (Å²) in [6.07, 6.45) is 4.97. The molecule has 31 heavy (non-hydrogen) atoms. The van der Waals surface area contributed by atoms with Crippen LogP contribution >= 0.6 is 0 Å². The van der Waals surface area contributed by atoms with Gasteiger partial charge in [-0.1, -0.05) is 24.3 Å². The van der Waals surface area contributed by atoms with Crippen molar-refractivity contribution in [1.29, 1.82) is 0 Å². The Morgan fingerprint density at radius 3 is 2.45 bits per heavy atom. The highest BCUT2D eigenvalue weighted by molar-refractivity contribution is 5.80.